The number of carbonyl (C=O) groups is 1. The second-order valence-electron chi connectivity index (χ2n) is 4.77. The van der Waals surface area contributed by atoms with Gasteiger partial charge in [0.15, 0.2) is 0 Å². The van der Waals surface area contributed by atoms with E-state index in [4.69, 9.17) is 9.84 Å². The minimum absolute atomic E-state index is 0.109. The molecule has 0 unspecified atom stereocenters. The highest BCUT2D eigenvalue weighted by Gasteiger charge is 2.15. The summed E-state index contributed by atoms with van der Waals surface area (Å²) < 4.78 is 19.1. The Hall–Kier alpha value is -2.93. The molecule has 3 N–H and O–H groups in total. The lowest BCUT2D eigenvalue weighted by atomic mass is 10.1. The van der Waals surface area contributed by atoms with Crippen LogP contribution in [0.15, 0.2) is 42.7 Å². The van der Waals surface area contributed by atoms with Gasteiger partial charge >= 0.3 is 0 Å². The van der Waals surface area contributed by atoms with Crippen molar-refractivity contribution >= 4 is 22.5 Å². The molecule has 0 radical (unpaired) electrons. The van der Waals surface area contributed by atoms with E-state index in [1.54, 1.807) is 18.2 Å². The van der Waals surface area contributed by atoms with E-state index in [1.165, 1.54) is 24.5 Å². The first-order valence-corrected chi connectivity index (χ1v) is 6.95. The molecule has 0 bridgehead atoms. The number of carbonyl (C=O) groups excluding carboxylic acids is 1. The predicted octanol–water partition coefficient (Wildman–Crippen LogP) is 2.33. The van der Waals surface area contributed by atoms with Crippen LogP contribution in [0.3, 0.4) is 0 Å². The van der Waals surface area contributed by atoms with Crippen molar-refractivity contribution in [3.8, 4) is 5.88 Å². The highest BCUT2D eigenvalue weighted by atomic mass is 19.1. The molecule has 0 saturated carbocycles. The average molecular weight is 315 g/mol. The van der Waals surface area contributed by atoms with E-state index in [0.717, 1.165) is 0 Å². The quantitative estimate of drug-likeness (QED) is 0.674. The molecule has 3 aromatic rings. The molecule has 23 heavy (non-hydrogen) atoms. The van der Waals surface area contributed by atoms with Crippen LogP contribution in [-0.4, -0.2) is 34.2 Å². The van der Waals surface area contributed by atoms with Gasteiger partial charge in [-0.15, -0.1) is 0 Å². The Balaban J connectivity index is 1.84. The Kier molecular flexibility index (Phi) is 4.20. The summed E-state index contributed by atoms with van der Waals surface area (Å²) in [5.41, 5.74) is 1.23. The van der Waals surface area contributed by atoms with Crippen LogP contribution in [0.2, 0.25) is 0 Å². The molecule has 0 aliphatic rings. The molecule has 0 aliphatic heterocycles. The molecule has 1 amide bonds. The zero-order valence-electron chi connectivity index (χ0n) is 12.0. The number of pyridine rings is 1. The number of benzene rings is 1. The maximum absolute atomic E-state index is 13.9. The Morgan fingerprint density at radius 2 is 2.26 bits per heavy atom. The van der Waals surface area contributed by atoms with Crippen LogP contribution in [0.1, 0.15) is 10.4 Å². The van der Waals surface area contributed by atoms with Gasteiger partial charge in [-0.05, 0) is 18.2 Å². The second kappa shape index (κ2) is 6.45. The number of ether oxygens (including phenoxy) is 1. The third-order valence-corrected chi connectivity index (χ3v) is 3.23. The van der Waals surface area contributed by atoms with E-state index in [-0.39, 0.29) is 30.0 Å². The molecule has 1 aromatic carbocycles. The fourth-order valence-electron chi connectivity index (χ4n) is 2.23. The lowest BCUT2D eigenvalue weighted by molar-refractivity contribution is 0.102. The molecule has 0 saturated heterocycles. The maximum Gasteiger partial charge on any atom is 0.257 e. The summed E-state index contributed by atoms with van der Waals surface area (Å²) >= 11 is 0. The van der Waals surface area contributed by atoms with Crippen molar-refractivity contribution in [2.75, 3.05) is 18.5 Å². The Labute approximate surface area is 130 Å². The topological polar surface area (TPSA) is 87.2 Å². The molecule has 118 valence electrons. The number of aromatic amines is 1. The van der Waals surface area contributed by atoms with Crippen LogP contribution in [0, 0.1) is 5.82 Å². The summed E-state index contributed by atoms with van der Waals surface area (Å²) in [7, 11) is 0. The highest BCUT2D eigenvalue weighted by Crippen LogP contribution is 2.23. The zero-order valence-corrected chi connectivity index (χ0v) is 12.0. The summed E-state index contributed by atoms with van der Waals surface area (Å²) in [5, 5.41) is 11.7. The molecule has 0 fully saturated rings. The SMILES string of the molecule is O=C(Nc1ccnc(OCCO)c1)c1c[nH]c2cccc(F)c12. The largest absolute Gasteiger partial charge is 0.475 e. The lowest BCUT2D eigenvalue weighted by Gasteiger charge is -2.07. The monoisotopic (exact) mass is 315 g/mol. The Morgan fingerprint density at radius 3 is 3.09 bits per heavy atom. The van der Waals surface area contributed by atoms with Crippen LogP contribution in [0.25, 0.3) is 10.9 Å². The van der Waals surface area contributed by atoms with Gasteiger partial charge in [-0.1, -0.05) is 6.07 Å². The Morgan fingerprint density at radius 1 is 1.39 bits per heavy atom. The third-order valence-electron chi connectivity index (χ3n) is 3.23. The molecule has 7 heteroatoms. The number of aromatic nitrogens is 2. The van der Waals surface area contributed by atoms with Crippen molar-refractivity contribution in [3.63, 3.8) is 0 Å². The van der Waals surface area contributed by atoms with E-state index in [1.807, 2.05) is 0 Å². The van der Waals surface area contributed by atoms with E-state index >= 15 is 0 Å². The first-order valence-electron chi connectivity index (χ1n) is 6.95. The van der Waals surface area contributed by atoms with Gasteiger partial charge in [0.25, 0.3) is 5.91 Å². The second-order valence-corrected chi connectivity index (χ2v) is 4.77. The number of halogens is 1. The van der Waals surface area contributed by atoms with Crippen molar-refractivity contribution in [3.05, 3.63) is 54.1 Å². The minimum atomic E-state index is -0.462. The number of hydrogen-bond donors (Lipinski definition) is 3. The summed E-state index contributed by atoms with van der Waals surface area (Å²) in [6.07, 6.45) is 2.94. The minimum Gasteiger partial charge on any atom is -0.475 e. The third kappa shape index (κ3) is 3.14. The van der Waals surface area contributed by atoms with Crippen molar-refractivity contribution in [1.82, 2.24) is 9.97 Å². The molecule has 0 aliphatic carbocycles. The van der Waals surface area contributed by atoms with E-state index < -0.39 is 11.7 Å². The highest BCUT2D eigenvalue weighted by molar-refractivity contribution is 6.12. The first-order chi connectivity index (χ1) is 11.2. The Bertz CT molecular complexity index is 847. The van der Waals surface area contributed by atoms with Gasteiger partial charge in [-0.2, -0.15) is 0 Å². The molecule has 2 heterocycles. The van der Waals surface area contributed by atoms with Gasteiger partial charge in [0, 0.05) is 35.1 Å². The molecule has 6 nitrogen and oxygen atoms in total. The molecule has 2 aromatic heterocycles. The number of hydrogen-bond acceptors (Lipinski definition) is 4. The van der Waals surface area contributed by atoms with Gasteiger partial charge in [0.2, 0.25) is 5.88 Å². The summed E-state index contributed by atoms with van der Waals surface area (Å²) in [5.74, 6) is -0.627. The molecule has 0 atom stereocenters. The fraction of sp³-hybridized carbons (Fsp3) is 0.125. The van der Waals surface area contributed by atoms with Crippen LogP contribution in [0.4, 0.5) is 10.1 Å². The summed E-state index contributed by atoms with van der Waals surface area (Å²) in [6, 6.07) is 7.69. The number of H-pyrrole nitrogens is 1. The van der Waals surface area contributed by atoms with Crippen LogP contribution < -0.4 is 10.1 Å². The van der Waals surface area contributed by atoms with Crippen molar-refractivity contribution < 1.29 is 19.0 Å². The first kappa shape index (κ1) is 15.0. The van der Waals surface area contributed by atoms with Gasteiger partial charge in [-0.25, -0.2) is 9.37 Å². The maximum atomic E-state index is 13.9. The molecule has 0 spiro atoms. The number of nitrogens with one attached hydrogen (secondary N) is 2. The zero-order chi connectivity index (χ0) is 16.2. The number of amides is 1. The number of rotatable bonds is 5. The summed E-state index contributed by atoms with van der Waals surface area (Å²) in [6.45, 7) is -0.0229. The number of aliphatic hydroxyl groups is 1. The van der Waals surface area contributed by atoms with Gasteiger partial charge in [0.1, 0.15) is 12.4 Å². The fourth-order valence-corrected chi connectivity index (χ4v) is 2.23. The van der Waals surface area contributed by atoms with Crippen molar-refractivity contribution in [2.45, 2.75) is 0 Å². The number of nitrogens with zero attached hydrogens (tertiary/aromatic N) is 1. The van der Waals surface area contributed by atoms with E-state index in [2.05, 4.69) is 15.3 Å². The van der Waals surface area contributed by atoms with Gasteiger partial charge in [0.05, 0.1) is 12.2 Å². The van der Waals surface area contributed by atoms with Crippen molar-refractivity contribution in [1.29, 1.82) is 0 Å². The lowest BCUT2D eigenvalue weighted by Crippen LogP contribution is -2.12. The van der Waals surface area contributed by atoms with Gasteiger partial charge < -0.3 is 20.1 Å². The van der Waals surface area contributed by atoms with Crippen LogP contribution >= 0.6 is 0 Å². The number of aliphatic hydroxyl groups excluding tert-OH is 1. The van der Waals surface area contributed by atoms with Crippen LogP contribution in [0.5, 0.6) is 5.88 Å². The average Bonchev–Trinajstić information content (AvgIpc) is 2.99. The molecule has 3 rings (SSSR count). The molecular weight excluding hydrogens is 301 g/mol. The normalized spacial score (nSPS) is 10.7. The van der Waals surface area contributed by atoms with Gasteiger partial charge in [-0.3, -0.25) is 4.79 Å². The van der Waals surface area contributed by atoms with Crippen molar-refractivity contribution in [2.24, 2.45) is 0 Å². The standard InChI is InChI=1S/C16H14FN3O3/c17-12-2-1-3-13-15(12)11(9-19-13)16(22)20-10-4-5-18-14(8-10)23-7-6-21/h1-5,8-9,19,21H,6-7H2,(H,18,20,22). The number of fused-ring (bicyclic) bond motifs is 1. The smallest absolute Gasteiger partial charge is 0.257 e. The molecular formula is C16H14FN3O3. The van der Waals surface area contributed by atoms with Crippen LogP contribution in [-0.2, 0) is 0 Å². The number of anilines is 1. The summed E-state index contributed by atoms with van der Waals surface area (Å²) in [4.78, 5) is 19.2. The van der Waals surface area contributed by atoms with E-state index in [9.17, 15) is 9.18 Å². The van der Waals surface area contributed by atoms with E-state index in [0.29, 0.717) is 11.2 Å². The predicted molar refractivity (Wildman–Crippen MR) is 83.0 cm³/mol.